The van der Waals surface area contributed by atoms with Gasteiger partial charge in [0.2, 0.25) is 0 Å². The highest BCUT2D eigenvalue weighted by Crippen LogP contribution is 2.43. The van der Waals surface area contributed by atoms with Crippen molar-refractivity contribution in [3.05, 3.63) is 64.2 Å². The minimum atomic E-state index is -0.463. The first kappa shape index (κ1) is 23.2. The molecule has 2 amide bonds. The first-order chi connectivity index (χ1) is 15.5. The molecule has 5 nitrogen and oxygen atoms in total. The summed E-state index contributed by atoms with van der Waals surface area (Å²) in [7, 11) is 2.13. The third-order valence-corrected chi connectivity index (χ3v) is 7.31. The topological polar surface area (TPSA) is 52.7 Å². The van der Waals surface area contributed by atoms with Crippen molar-refractivity contribution in [1.29, 1.82) is 0 Å². The molecule has 4 rings (SSSR count). The zero-order valence-electron chi connectivity index (χ0n) is 20.2. The number of aryl methyl sites for hydroxylation is 2. The van der Waals surface area contributed by atoms with Gasteiger partial charge in [0, 0.05) is 18.3 Å². The van der Waals surface area contributed by atoms with Gasteiger partial charge in [-0.05, 0) is 104 Å². The summed E-state index contributed by atoms with van der Waals surface area (Å²) in [6.45, 7) is 10.8. The van der Waals surface area contributed by atoms with Crippen molar-refractivity contribution in [3.63, 3.8) is 0 Å². The Kier molecular flexibility index (Phi) is 5.91. The van der Waals surface area contributed by atoms with Crippen LogP contribution in [0.15, 0.2) is 42.0 Å². The molecule has 2 aliphatic rings. The minimum absolute atomic E-state index is 0.0710. The molecule has 0 aliphatic carbocycles. The van der Waals surface area contributed by atoms with Gasteiger partial charge in [0.25, 0.3) is 11.8 Å². The van der Waals surface area contributed by atoms with E-state index >= 15 is 0 Å². The van der Waals surface area contributed by atoms with Crippen LogP contribution in [0.25, 0.3) is 6.08 Å². The summed E-state index contributed by atoms with van der Waals surface area (Å²) in [5.41, 5.74) is 6.31. The number of carbonyl (C=O) groups is 2. The van der Waals surface area contributed by atoms with Gasteiger partial charge < -0.3 is 4.90 Å². The largest absolute Gasteiger partial charge is 0.369 e. The first-order valence-electron chi connectivity index (χ1n) is 11.4. The normalized spacial score (nSPS) is 21.3. The molecule has 0 aromatic heterocycles. The van der Waals surface area contributed by atoms with E-state index < -0.39 is 11.8 Å². The van der Waals surface area contributed by atoms with Gasteiger partial charge in [-0.1, -0.05) is 26.0 Å². The number of nitrogens with zero attached hydrogens (tertiary/aromatic N) is 2. The van der Waals surface area contributed by atoms with E-state index in [1.165, 1.54) is 21.7 Å². The molecule has 0 saturated carbocycles. The van der Waals surface area contributed by atoms with Gasteiger partial charge in [0.15, 0.2) is 5.11 Å². The van der Waals surface area contributed by atoms with Crippen molar-refractivity contribution in [2.24, 2.45) is 0 Å². The maximum Gasteiger partial charge on any atom is 0.270 e. The van der Waals surface area contributed by atoms with Crippen LogP contribution in [0.2, 0.25) is 0 Å². The Morgan fingerprint density at radius 3 is 2.48 bits per heavy atom. The van der Waals surface area contributed by atoms with E-state index in [1.807, 2.05) is 31.2 Å². The van der Waals surface area contributed by atoms with Crippen molar-refractivity contribution in [1.82, 2.24) is 5.32 Å². The monoisotopic (exact) mass is 461 g/mol. The molecule has 33 heavy (non-hydrogen) atoms. The molecule has 2 heterocycles. The lowest BCUT2D eigenvalue weighted by Gasteiger charge is -2.45. The molecule has 0 unspecified atom stereocenters. The van der Waals surface area contributed by atoms with Crippen LogP contribution in [0.1, 0.15) is 62.3 Å². The number of fused-ring (bicyclic) bond motifs is 1. The summed E-state index contributed by atoms with van der Waals surface area (Å²) in [6, 6.07) is 12.0. The number of benzene rings is 2. The highest BCUT2D eigenvalue weighted by Gasteiger charge is 2.36. The molecule has 1 atom stereocenters. The fourth-order valence-corrected chi connectivity index (χ4v) is 5.10. The average molecular weight is 462 g/mol. The molecule has 1 fully saturated rings. The van der Waals surface area contributed by atoms with Crippen LogP contribution in [-0.2, 0) is 16.0 Å². The SMILES string of the molecule is CCc1ccc(N2C(=O)/C(=C/c3cc4c(cc3C)N(C)C(C)(C)C[C@@H]4C)C(=O)NC2=S)cc1. The van der Waals surface area contributed by atoms with Crippen molar-refractivity contribution < 1.29 is 9.59 Å². The third-order valence-electron chi connectivity index (χ3n) is 7.03. The van der Waals surface area contributed by atoms with Crippen molar-refractivity contribution in [2.45, 2.75) is 58.9 Å². The number of amides is 2. The van der Waals surface area contributed by atoms with E-state index in [1.54, 1.807) is 6.08 Å². The highest BCUT2D eigenvalue weighted by atomic mass is 32.1. The number of rotatable bonds is 3. The van der Waals surface area contributed by atoms with Crippen LogP contribution in [0, 0.1) is 6.92 Å². The van der Waals surface area contributed by atoms with Gasteiger partial charge in [-0.3, -0.25) is 19.8 Å². The number of thiocarbonyl (C=S) groups is 1. The zero-order chi connectivity index (χ0) is 24.1. The van der Waals surface area contributed by atoms with Gasteiger partial charge in [0.05, 0.1) is 5.69 Å². The second-order valence-corrected chi connectivity index (χ2v) is 10.1. The Bertz CT molecular complexity index is 1180. The molecular formula is C27H31N3O2S. The Balaban J connectivity index is 1.75. The molecule has 2 aromatic carbocycles. The lowest BCUT2D eigenvalue weighted by atomic mass is 9.79. The van der Waals surface area contributed by atoms with E-state index in [-0.39, 0.29) is 16.2 Å². The summed E-state index contributed by atoms with van der Waals surface area (Å²) >= 11 is 5.34. The molecule has 172 valence electrons. The lowest BCUT2D eigenvalue weighted by Crippen LogP contribution is -2.54. The van der Waals surface area contributed by atoms with Crippen LogP contribution in [0.4, 0.5) is 11.4 Å². The Morgan fingerprint density at radius 1 is 1.18 bits per heavy atom. The summed E-state index contributed by atoms with van der Waals surface area (Å²) < 4.78 is 0. The van der Waals surface area contributed by atoms with Gasteiger partial charge in [-0.2, -0.15) is 0 Å². The number of nitrogens with one attached hydrogen (secondary N) is 1. The second kappa shape index (κ2) is 8.41. The third kappa shape index (κ3) is 4.08. The van der Waals surface area contributed by atoms with Crippen LogP contribution in [0.5, 0.6) is 0 Å². The Hall–Kier alpha value is -2.99. The molecule has 0 bridgehead atoms. The van der Waals surface area contributed by atoms with E-state index in [0.717, 1.165) is 24.0 Å². The molecule has 2 aromatic rings. The number of hydrogen-bond acceptors (Lipinski definition) is 4. The van der Waals surface area contributed by atoms with Crippen LogP contribution >= 0.6 is 12.2 Å². The van der Waals surface area contributed by atoms with Crippen molar-refractivity contribution in [2.75, 3.05) is 16.8 Å². The quantitative estimate of drug-likeness (QED) is 0.392. The fraction of sp³-hybridized carbons (Fsp3) is 0.370. The van der Waals surface area contributed by atoms with E-state index in [9.17, 15) is 9.59 Å². The molecule has 2 aliphatic heterocycles. The number of anilines is 2. The second-order valence-electron chi connectivity index (χ2n) is 9.72. The fourth-order valence-electron chi connectivity index (χ4n) is 4.82. The Labute approximate surface area is 201 Å². The van der Waals surface area contributed by atoms with Gasteiger partial charge in [-0.15, -0.1) is 0 Å². The summed E-state index contributed by atoms with van der Waals surface area (Å²) in [4.78, 5) is 29.9. The molecule has 1 N–H and O–H groups in total. The highest BCUT2D eigenvalue weighted by molar-refractivity contribution is 7.80. The maximum atomic E-state index is 13.4. The summed E-state index contributed by atoms with van der Waals surface area (Å²) in [6.07, 6.45) is 3.64. The van der Waals surface area contributed by atoms with E-state index in [4.69, 9.17) is 12.2 Å². The average Bonchev–Trinajstić information content (AvgIpc) is 2.75. The van der Waals surface area contributed by atoms with Gasteiger partial charge in [-0.25, -0.2) is 0 Å². The summed E-state index contributed by atoms with van der Waals surface area (Å²) in [5.74, 6) is -0.493. The van der Waals surface area contributed by atoms with Crippen molar-refractivity contribution >= 4 is 46.6 Å². The van der Waals surface area contributed by atoms with Gasteiger partial charge >= 0.3 is 0 Å². The number of hydrogen-bond donors (Lipinski definition) is 1. The minimum Gasteiger partial charge on any atom is -0.369 e. The smallest absolute Gasteiger partial charge is 0.270 e. The molecule has 1 saturated heterocycles. The Morgan fingerprint density at radius 2 is 1.85 bits per heavy atom. The van der Waals surface area contributed by atoms with Crippen LogP contribution < -0.4 is 15.1 Å². The molecule has 0 spiro atoms. The standard InChI is InChI=1S/C27H31N3O2S/c1-7-18-8-10-20(11-9-18)30-25(32)22(24(31)28-26(30)33)14-19-13-21-17(3)15-27(4,5)29(6)23(21)12-16(19)2/h8-14,17H,7,15H2,1-6H3,(H,28,31,33)/b22-14+/t17-/m0/s1. The summed E-state index contributed by atoms with van der Waals surface area (Å²) in [5, 5.41) is 2.79. The maximum absolute atomic E-state index is 13.4. The zero-order valence-corrected chi connectivity index (χ0v) is 21.0. The molecule has 0 radical (unpaired) electrons. The molecule has 6 heteroatoms. The number of carbonyl (C=O) groups excluding carboxylic acids is 2. The van der Waals surface area contributed by atoms with Crippen LogP contribution in [-0.4, -0.2) is 29.5 Å². The van der Waals surface area contributed by atoms with E-state index in [0.29, 0.717) is 11.6 Å². The molecular weight excluding hydrogens is 430 g/mol. The first-order valence-corrected chi connectivity index (χ1v) is 11.8. The predicted molar refractivity (Wildman–Crippen MR) is 139 cm³/mol. The predicted octanol–water partition coefficient (Wildman–Crippen LogP) is 5.11. The van der Waals surface area contributed by atoms with Crippen LogP contribution in [0.3, 0.4) is 0 Å². The van der Waals surface area contributed by atoms with Crippen molar-refractivity contribution in [3.8, 4) is 0 Å². The van der Waals surface area contributed by atoms with Gasteiger partial charge in [0.1, 0.15) is 5.57 Å². The van der Waals surface area contributed by atoms with E-state index in [2.05, 4.69) is 57.1 Å². The lowest BCUT2D eigenvalue weighted by molar-refractivity contribution is -0.122.